The second kappa shape index (κ2) is 11.6. The van der Waals surface area contributed by atoms with Gasteiger partial charge in [-0.2, -0.15) is 10.4 Å². The zero-order chi connectivity index (χ0) is 23.6. The average molecular weight is 444 g/mol. The smallest absolute Gasteiger partial charge is 0.271 e. The van der Waals surface area contributed by atoms with Crippen molar-refractivity contribution < 1.29 is 0 Å². The highest BCUT2D eigenvalue weighted by Gasteiger charge is 2.14. The van der Waals surface area contributed by atoms with Gasteiger partial charge in [-0.25, -0.2) is 0 Å². The van der Waals surface area contributed by atoms with Gasteiger partial charge in [0.2, 0.25) is 0 Å². The number of nitrogens with one attached hydrogen (secondary N) is 4. The predicted molar refractivity (Wildman–Crippen MR) is 131 cm³/mol. The van der Waals surface area contributed by atoms with Gasteiger partial charge in [0.05, 0.1) is 23.4 Å². The number of benzene rings is 1. The Morgan fingerprint density at radius 2 is 2.09 bits per heavy atom. The molecule has 3 aromatic rings. The molecule has 8 nitrogen and oxygen atoms in total. The Hall–Kier alpha value is -3.96. The summed E-state index contributed by atoms with van der Waals surface area (Å²) in [7, 11) is 1.89. The molecule has 0 saturated carbocycles. The van der Waals surface area contributed by atoms with Crippen molar-refractivity contribution in [1.82, 2.24) is 20.1 Å². The first-order valence-corrected chi connectivity index (χ1v) is 10.9. The zero-order valence-corrected chi connectivity index (χ0v) is 18.9. The van der Waals surface area contributed by atoms with E-state index in [1.165, 1.54) is 6.21 Å². The van der Waals surface area contributed by atoms with E-state index >= 15 is 0 Å². The molecule has 0 amide bonds. The maximum Gasteiger partial charge on any atom is 0.271 e. The molecule has 0 radical (unpaired) electrons. The number of anilines is 1. The quantitative estimate of drug-likeness (QED) is 0.338. The lowest BCUT2D eigenvalue weighted by Gasteiger charge is -2.18. The Morgan fingerprint density at radius 1 is 1.30 bits per heavy atom. The topological polar surface area (TPSA) is 122 Å². The highest BCUT2D eigenvalue weighted by Crippen LogP contribution is 2.17. The van der Waals surface area contributed by atoms with Crippen LogP contribution in [0.4, 0.5) is 5.69 Å². The van der Waals surface area contributed by atoms with Crippen LogP contribution >= 0.6 is 0 Å². The summed E-state index contributed by atoms with van der Waals surface area (Å²) >= 11 is 0. The Labute approximate surface area is 193 Å². The fourth-order valence-corrected chi connectivity index (χ4v) is 3.58. The van der Waals surface area contributed by atoms with Gasteiger partial charge < -0.3 is 21.0 Å². The number of aromatic nitrogens is 3. The maximum absolute atomic E-state index is 12.2. The Kier molecular flexibility index (Phi) is 8.33. The minimum absolute atomic E-state index is 0.0204. The van der Waals surface area contributed by atoms with Crippen molar-refractivity contribution in [2.75, 3.05) is 18.4 Å². The van der Waals surface area contributed by atoms with Gasteiger partial charge in [-0.05, 0) is 61.7 Å². The van der Waals surface area contributed by atoms with Crippen LogP contribution in [0.25, 0.3) is 5.57 Å². The Bertz CT molecular complexity index is 1200. The van der Waals surface area contributed by atoms with Gasteiger partial charge in [-0.15, -0.1) is 0 Å². The van der Waals surface area contributed by atoms with Gasteiger partial charge in [0.15, 0.2) is 0 Å². The van der Waals surface area contributed by atoms with Crippen LogP contribution in [-0.4, -0.2) is 34.1 Å². The van der Waals surface area contributed by atoms with E-state index in [1.54, 1.807) is 16.9 Å². The monoisotopic (exact) mass is 443 g/mol. The van der Waals surface area contributed by atoms with Crippen LogP contribution in [0, 0.1) is 16.7 Å². The van der Waals surface area contributed by atoms with Crippen molar-refractivity contribution in [3.8, 4) is 6.07 Å². The molecule has 3 rings (SSSR count). The summed E-state index contributed by atoms with van der Waals surface area (Å²) in [6.45, 7) is 3.19. The number of pyridine rings is 1. The number of aryl methyl sites for hydroxylation is 1. The van der Waals surface area contributed by atoms with Gasteiger partial charge in [0, 0.05) is 37.8 Å². The van der Waals surface area contributed by atoms with Crippen LogP contribution in [0.15, 0.2) is 59.7 Å². The lowest BCUT2D eigenvalue weighted by molar-refractivity contribution is 0.496. The van der Waals surface area contributed by atoms with E-state index < -0.39 is 0 Å². The van der Waals surface area contributed by atoms with E-state index in [4.69, 9.17) is 10.7 Å². The van der Waals surface area contributed by atoms with E-state index in [9.17, 15) is 4.79 Å². The molecule has 0 aliphatic heterocycles. The van der Waals surface area contributed by atoms with Crippen LogP contribution in [0.5, 0.6) is 0 Å². The van der Waals surface area contributed by atoms with Crippen molar-refractivity contribution in [2.24, 2.45) is 7.05 Å². The van der Waals surface area contributed by atoms with Gasteiger partial charge in [0.25, 0.3) is 5.56 Å². The molecule has 2 aromatic heterocycles. The molecule has 2 heterocycles. The number of hydrogen-bond acceptors (Lipinski definition) is 6. The Balaban J connectivity index is 1.63. The molecule has 0 aliphatic rings. The van der Waals surface area contributed by atoms with Crippen LogP contribution in [0.1, 0.15) is 41.8 Å². The first kappa shape index (κ1) is 23.7. The summed E-state index contributed by atoms with van der Waals surface area (Å²) in [5.41, 5.74) is 4.58. The van der Waals surface area contributed by atoms with E-state index in [1.807, 2.05) is 56.6 Å². The average Bonchev–Trinajstić information content (AvgIpc) is 3.27. The summed E-state index contributed by atoms with van der Waals surface area (Å²) in [6.07, 6.45) is 8.21. The highest BCUT2D eigenvalue weighted by atomic mass is 16.1. The van der Waals surface area contributed by atoms with E-state index in [0.29, 0.717) is 17.8 Å². The lowest BCUT2D eigenvalue weighted by Crippen LogP contribution is -2.27. The van der Waals surface area contributed by atoms with Crippen LogP contribution in [-0.2, 0) is 13.5 Å². The van der Waals surface area contributed by atoms with E-state index in [2.05, 4.69) is 26.8 Å². The first-order valence-electron chi connectivity index (χ1n) is 10.9. The maximum atomic E-state index is 12.2. The number of H-pyrrole nitrogens is 1. The fourth-order valence-electron chi connectivity index (χ4n) is 3.58. The van der Waals surface area contributed by atoms with Gasteiger partial charge >= 0.3 is 0 Å². The standard InChI is InChI=1S/C25H29N7O/c1-3-20(16-27)21-14-24(25(33)30-17-21)29-12-9-22(23-10-13-32(2)31-23)28-11-8-18-4-6-19(15-26)7-5-18/h3-7,10,13-14,16-17,22,27-29H,8-9,11-12H2,1-2H3,(H,30,33)/b20-3+,27-16?. The molecule has 0 bridgehead atoms. The third-order valence-corrected chi connectivity index (χ3v) is 5.43. The number of rotatable bonds is 11. The van der Waals surface area contributed by atoms with Crippen molar-refractivity contribution in [3.05, 3.63) is 87.6 Å². The second-order valence-corrected chi connectivity index (χ2v) is 7.71. The van der Waals surface area contributed by atoms with Gasteiger partial charge in [-0.3, -0.25) is 9.48 Å². The molecule has 33 heavy (non-hydrogen) atoms. The van der Waals surface area contributed by atoms with Crippen LogP contribution in [0.2, 0.25) is 0 Å². The number of allylic oxidation sites excluding steroid dienone is 2. The third kappa shape index (κ3) is 6.51. The van der Waals surface area contributed by atoms with Crippen molar-refractivity contribution in [1.29, 1.82) is 10.7 Å². The molecule has 0 saturated heterocycles. The van der Waals surface area contributed by atoms with Gasteiger partial charge in [0.1, 0.15) is 5.69 Å². The molecule has 1 unspecified atom stereocenters. The summed E-state index contributed by atoms with van der Waals surface area (Å²) in [5.74, 6) is 0. The SMILES string of the molecule is C/C=C(\C=N)c1c[nH]c(=O)c(NCCC(NCCc2ccc(C#N)cc2)c2ccn(C)n2)c1. The van der Waals surface area contributed by atoms with E-state index in [-0.39, 0.29) is 11.6 Å². The first-order chi connectivity index (χ1) is 16.0. The van der Waals surface area contributed by atoms with E-state index in [0.717, 1.165) is 41.8 Å². The summed E-state index contributed by atoms with van der Waals surface area (Å²) in [5, 5.41) is 27.8. The number of hydrogen-bond donors (Lipinski definition) is 4. The summed E-state index contributed by atoms with van der Waals surface area (Å²) < 4.78 is 1.78. The summed E-state index contributed by atoms with van der Waals surface area (Å²) in [6, 6.07) is 13.5. The minimum atomic E-state index is -0.192. The summed E-state index contributed by atoms with van der Waals surface area (Å²) in [4.78, 5) is 15.0. The van der Waals surface area contributed by atoms with Crippen LogP contribution < -0.4 is 16.2 Å². The molecule has 0 aliphatic carbocycles. The third-order valence-electron chi connectivity index (χ3n) is 5.43. The van der Waals surface area contributed by atoms with Crippen LogP contribution in [0.3, 0.4) is 0 Å². The fraction of sp³-hybridized carbons (Fsp3) is 0.280. The molecule has 8 heteroatoms. The zero-order valence-electron chi connectivity index (χ0n) is 18.9. The molecular weight excluding hydrogens is 414 g/mol. The van der Waals surface area contributed by atoms with Crippen molar-refractivity contribution in [2.45, 2.75) is 25.8 Å². The van der Waals surface area contributed by atoms with Crippen molar-refractivity contribution in [3.63, 3.8) is 0 Å². The Morgan fingerprint density at radius 3 is 2.73 bits per heavy atom. The minimum Gasteiger partial charge on any atom is -0.381 e. The molecule has 170 valence electrons. The largest absolute Gasteiger partial charge is 0.381 e. The normalized spacial score (nSPS) is 12.2. The molecule has 1 atom stereocenters. The molecule has 0 fully saturated rings. The molecule has 1 aromatic carbocycles. The molecule has 4 N–H and O–H groups in total. The number of nitrogens with zero attached hydrogens (tertiary/aromatic N) is 3. The molecular formula is C25H29N7O. The molecule has 0 spiro atoms. The predicted octanol–water partition coefficient (Wildman–Crippen LogP) is 3.41. The van der Waals surface area contributed by atoms with Gasteiger partial charge in [-0.1, -0.05) is 18.2 Å². The second-order valence-electron chi connectivity index (χ2n) is 7.71. The van der Waals surface area contributed by atoms with Crippen molar-refractivity contribution >= 4 is 17.5 Å². The number of aromatic amines is 1. The number of nitriles is 1. The highest BCUT2D eigenvalue weighted by molar-refractivity contribution is 6.08. The lowest BCUT2D eigenvalue weighted by atomic mass is 10.1.